The minimum Gasteiger partial charge on any atom is -0.376 e. The maximum absolute atomic E-state index is 12.0. The number of carbonyl (C=O) groups is 1. The summed E-state index contributed by atoms with van der Waals surface area (Å²) in [6, 6.07) is 13.2. The number of aromatic nitrogens is 1. The number of nitrogens with zero attached hydrogens (tertiary/aromatic N) is 1. The summed E-state index contributed by atoms with van der Waals surface area (Å²) in [6.45, 7) is 1.34. The average Bonchev–Trinajstić information content (AvgIpc) is 3.13. The minimum absolute atomic E-state index is 0.129. The monoisotopic (exact) mass is 306 g/mol. The summed E-state index contributed by atoms with van der Waals surface area (Å²) in [7, 11) is 0. The number of pyridine rings is 1. The lowest BCUT2D eigenvalue weighted by molar-refractivity contribution is 0.0857. The molecule has 3 rings (SSSR count). The van der Waals surface area contributed by atoms with Gasteiger partial charge in [-0.15, -0.1) is 0 Å². The first-order chi connectivity index (χ1) is 11.3. The number of carbonyl (C=O) groups excluding carboxylic acids is 1. The highest BCUT2D eigenvalue weighted by molar-refractivity contribution is 5.93. The van der Waals surface area contributed by atoms with Gasteiger partial charge in [-0.05, 0) is 43.0 Å². The normalized spacial score (nSPS) is 16.4. The SMILES string of the molecule is O=C(NCC1CCCO1)c1ccc(C#Cc2ccccc2)nc1. The van der Waals surface area contributed by atoms with Crippen LogP contribution in [0.3, 0.4) is 0 Å². The molecule has 0 aliphatic carbocycles. The van der Waals surface area contributed by atoms with Crippen molar-refractivity contribution < 1.29 is 9.53 Å². The van der Waals surface area contributed by atoms with E-state index in [-0.39, 0.29) is 12.0 Å². The predicted octanol–water partition coefficient (Wildman–Crippen LogP) is 2.39. The van der Waals surface area contributed by atoms with Crippen molar-refractivity contribution in [3.8, 4) is 11.8 Å². The Balaban J connectivity index is 1.58. The first kappa shape index (κ1) is 15.3. The van der Waals surface area contributed by atoms with Gasteiger partial charge in [0.2, 0.25) is 0 Å². The van der Waals surface area contributed by atoms with Crippen LogP contribution in [0.15, 0.2) is 48.7 Å². The summed E-state index contributed by atoms with van der Waals surface area (Å²) in [6.07, 6.45) is 3.77. The van der Waals surface area contributed by atoms with Gasteiger partial charge in [0.05, 0.1) is 11.7 Å². The lowest BCUT2D eigenvalue weighted by Gasteiger charge is -2.10. The van der Waals surface area contributed by atoms with E-state index in [0.29, 0.717) is 17.8 Å². The zero-order valence-electron chi connectivity index (χ0n) is 12.8. The van der Waals surface area contributed by atoms with Crippen LogP contribution in [0.5, 0.6) is 0 Å². The zero-order valence-corrected chi connectivity index (χ0v) is 12.8. The van der Waals surface area contributed by atoms with Gasteiger partial charge in [0.1, 0.15) is 5.69 Å². The van der Waals surface area contributed by atoms with Crippen molar-refractivity contribution in [1.29, 1.82) is 0 Å². The van der Waals surface area contributed by atoms with Crippen LogP contribution >= 0.6 is 0 Å². The average molecular weight is 306 g/mol. The van der Waals surface area contributed by atoms with E-state index in [1.807, 2.05) is 30.3 Å². The van der Waals surface area contributed by atoms with Gasteiger partial charge in [0, 0.05) is 24.9 Å². The third-order valence-corrected chi connectivity index (χ3v) is 3.65. The highest BCUT2D eigenvalue weighted by Gasteiger charge is 2.16. The van der Waals surface area contributed by atoms with Crippen LogP contribution in [0.1, 0.15) is 34.5 Å². The molecule has 4 nitrogen and oxygen atoms in total. The molecule has 0 bridgehead atoms. The number of ether oxygens (including phenoxy) is 1. The van der Waals surface area contributed by atoms with Crippen LogP contribution in [0.2, 0.25) is 0 Å². The number of hydrogen-bond acceptors (Lipinski definition) is 3. The summed E-state index contributed by atoms with van der Waals surface area (Å²) in [5.41, 5.74) is 2.12. The topological polar surface area (TPSA) is 51.2 Å². The molecule has 1 aromatic carbocycles. The number of benzene rings is 1. The van der Waals surface area contributed by atoms with E-state index in [2.05, 4.69) is 22.1 Å². The largest absolute Gasteiger partial charge is 0.376 e. The fraction of sp³-hybridized carbons (Fsp3) is 0.263. The number of hydrogen-bond donors (Lipinski definition) is 1. The second-order valence-corrected chi connectivity index (χ2v) is 5.39. The van der Waals surface area contributed by atoms with Gasteiger partial charge in [0.25, 0.3) is 5.91 Å². The maximum atomic E-state index is 12.0. The third-order valence-electron chi connectivity index (χ3n) is 3.65. The molecule has 2 aromatic rings. The highest BCUT2D eigenvalue weighted by Crippen LogP contribution is 2.10. The second-order valence-electron chi connectivity index (χ2n) is 5.39. The molecule has 0 saturated carbocycles. The number of nitrogens with one attached hydrogen (secondary N) is 1. The van der Waals surface area contributed by atoms with Crippen LogP contribution in [0, 0.1) is 11.8 Å². The molecule has 0 radical (unpaired) electrons. The third kappa shape index (κ3) is 4.41. The van der Waals surface area contributed by atoms with E-state index in [4.69, 9.17) is 4.74 Å². The molecule has 1 aromatic heterocycles. The van der Waals surface area contributed by atoms with Gasteiger partial charge < -0.3 is 10.1 Å². The number of amides is 1. The van der Waals surface area contributed by atoms with E-state index in [1.165, 1.54) is 0 Å². The van der Waals surface area contributed by atoms with Crippen LogP contribution in [0.4, 0.5) is 0 Å². The van der Waals surface area contributed by atoms with E-state index >= 15 is 0 Å². The van der Waals surface area contributed by atoms with Crippen molar-refractivity contribution in [1.82, 2.24) is 10.3 Å². The van der Waals surface area contributed by atoms with Gasteiger partial charge in [-0.3, -0.25) is 4.79 Å². The molecule has 1 fully saturated rings. The van der Waals surface area contributed by atoms with E-state index in [0.717, 1.165) is 25.0 Å². The fourth-order valence-electron chi connectivity index (χ4n) is 2.37. The second kappa shape index (κ2) is 7.57. The van der Waals surface area contributed by atoms with Gasteiger partial charge >= 0.3 is 0 Å². The van der Waals surface area contributed by atoms with Gasteiger partial charge in [-0.2, -0.15) is 0 Å². The highest BCUT2D eigenvalue weighted by atomic mass is 16.5. The van der Waals surface area contributed by atoms with Crippen molar-refractivity contribution in [2.45, 2.75) is 18.9 Å². The Bertz CT molecular complexity index is 709. The molecule has 1 amide bonds. The molecule has 1 aliphatic heterocycles. The van der Waals surface area contributed by atoms with Gasteiger partial charge in [0.15, 0.2) is 0 Å². The summed E-state index contributed by atoms with van der Waals surface area (Å²) in [4.78, 5) is 16.3. The maximum Gasteiger partial charge on any atom is 0.252 e. The molecule has 1 unspecified atom stereocenters. The van der Waals surface area contributed by atoms with Crippen molar-refractivity contribution in [2.24, 2.45) is 0 Å². The molecule has 1 atom stereocenters. The Morgan fingerprint density at radius 1 is 1.22 bits per heavy atom. The van der Waals surface area contributed by atoms with Gasteiger partial charge in [-0.25, -0.2) is 4.98 Å². The first-order valence-corrected chi connectivity index (χ1v) is 7.74. The van der Waals surface area contributed by atoms with Crippen LogP contribution in [0.25, 0.3) is 0 Å². The molecule has 1 saturated heterocycles. The molecule has 116 valence electrons. The lowest BCUT2D eigenvalue weighted by atomic mass is 10.2. The Morgan fingerprint density at radius 3 is 2.78 bits per heavy atom. The molecular weight excluding hydrogens is 288 g/mol. The van der Waals surface area contributed by atoms with Crippen molar-refractivity contribution >= 4 is 5.91 Å². The van der Waals surface area contributed by atoms with Crippen LogP contribution < -0.4 is 5.32 Å². The van der Waals surface area contributed by atoms with E-state index in [9.17, 15) is 4.79 Å². The van der Waals surface area contributed by atoms with Crippen LogP contribution in [-0.4, -0.2) is 30.1 Å². The summed E-state index contributed by atoms with van der Waals surface area (Å²) in [5.74, 6) is 5.90. The fourth-order valence-corrected chi connectivity index (χ4v) is 2.37. The molecular formula is C19H18N2O2. The Labute approximate surface area is 135 Å². The van der Waals surface area contributed by atoms with Crippen LogP contribution in [-0.2, 0) is 4.74 Å². The van der Waals surface area contributed by atoms with Crippen molar-refractivity contribution in [2.75, 3.05) is 13.2 Å². The van der Waals surface area contributed by atoms with E-state index < -0.39 is 0 Å². The molecule has 4 heteroatoms. The number of rotatable bonds is 3. The summed E-state index contributed by atoms with van der Waals surface area (Å²) >= 11 is 0. The lowest BCUT2D eigenvalue weighted by Crippen LogP contribution is -2.31. The minimum atomic E-state index is -0.129. The molecule has 1 N–H and O–H groups in total. The quantitative estimate of drug-likeness (QED) is 0.886. The Morgan fingerprint density at radius 2 is 2.09 bits per heavy atom. The molecule has 2 heterocycles. The molecule has 23 heavy (non-hydrogen) atoms. The first-order valence-electron chi connectivity index (χ1n) is 7.74. The Kier molecular flexibility index (Phi) is 5.02. The smallest absolute Gasteiger partial charge is 0.252 e. The Hall–Kier alpha value is -2.64. The summed E-state index contributed by atoms with van der Waals surface area (Å²) in [5, 5.41) is 2.88. The van der Waals surface area contributed by atoms with Gasteiger partial charge in [-0.1, -0.05) is 24.1 Å². The zero-order chi connectivity index (χ0) is 15.9. The predicted molar refractivity (Wildman–Crippen MR) is 88.0 cm³/mol. The van der Waals surface area contributed by atoms with Crippen molar-refractivity contribution in [3.05, 3.63) is 65.5 Å². The van der Waals surface area contributed by atoms with Crippen molar-refractivity contribution in [3.63, 3.8) is 0 Å². The standard InChI is InChI=1S/C19H18N2O2/c22-19(21-14-18-7-4-12-23-18)16-9-11-17(20-13-16)10-8-15-5-2-1-3-6-15/h1-3,5-6,9,11,13,18H,4,7,12,14H2,(H,21,22). The summed E-state index contributed by atoms with van der Waals surface area (Å²) < 4.78 is 5.48. The molecule has 1 aliphatic rings. The molecule has 0 spiro atoms. The van der Waals surface area contributed by atoms with E-state index in [1.54, 1.807) is 18.3 Å².